The number of ether oxygens (including phenoxy) is 2. The first-order chi connectivity index (χ1) is 17.4. The number of aromatic nitrogens is 1. The van der Waals surface area contributed by atoms with Crippen LogP contribution in [0.15, 0.2) is 46.5 Å². The average Bonchev–Trinajstić information content (AvgIpc) is 3.52. The van der Waals surface area contributed by atoms with Crippen molar-refractivity contribution in [1.29, 1.82) is 0 Å². The van der Waals surface area contributed by atoms with Gasteiger partial charge in [0.15, 0.2) is 17.7 Å². The summed E-state index contributed by atoms with van der Waals surface area (Å²) in [4.78, 5) is 32.2. The van der Waals surface area contributed by atoms with Gasteiger partial charge in [-0.25, -0.2) is 9.18 Å². The van der Waals surface area contributed by atoms with Gasteiger partial charge in [-0.1, -0.05) is 5.16 Å². The van der Waals surface area contributed by atoms with Gasteiger partial charge in [-0.15, -0.1) is 0 Å². The molecule has 2 aromatic carbocycles. The molecule has 9 nitrogen and oxygen atoms in total. The first-order valence-electron chi connectivity index (χ1n) is 11.7. The summed E-state index contributed by atoms with van der Waals surface area (Å²) >= 11 is 0. The van der Waals surface area contributed by atoms with Gasteiger partial charge in [0.05, 0.1) is 43.3 Å². The van der Waals surface area contributed by atoms with Crippen LogP contribution >= 0.6 is 0 Å². The Labute approximate surface area is 205 Å². The topological polar surface area (TPSA) is 103 Å². The van der Waals surface area contributed by atoms with Gasteiger partial charge in [0.1, 0.15) is 17.0 Å². The normalized spacial score (nSPS) is 20.8. The molecule has 1 saturated carbocycles. The lowest BCUT2D eigenvalue weighted by Crippen LogP contribution is -2.26. The summed E-state index contributed by atoms with van der Waals surface area (Å²) < 4.78 is 28.4. The van der Waals surface area contributed by atoms with Gasteiger partial charge in [0, 0.05) is 24.3 Å². The largest absolute Gasteiger partial charge is 0.497 e. The average molecular weight is 493 g/mol. The fourth-order valence-electron chi connectivity index (χ4n) is 5.27. The van der Waals surface area contributed by atoms with Crippen molar-refractivity contribution < 1.29 is 28.6 Å². The third kappa shape index (κ3) is 3.39. The quantitative estimate of drug-likeness (QED) is 0.561. The fourth-order valence-corrected chi connectivity index (χ4v) is 5.27. The van der Waals surface area contributed by atoms with E-state index in [2.05, 4.69) is 5.16 Å². The molecule has 0 bridgehead atoms. The van der Waals surface area contributed by atoms with Crippen LogP contribution in [0.2, 0.25) is 0 Å². The first kappa shape index (κ1) is 22.4. The highest BCUT2D eigenvalue weighted by molar-refractivity contribution is 6.04. The molecular weight excluding hydrogens is 469 g/mol. The number of carboxylic acid groups (broad SMARTS) is 1. The molecule has 1 aliphatic carbocycles. The van der Waals surface area contributed by atoms with E-state index in [-0.39, 0.29) is 40.5 Å². The molecule has 3 aliphatic rings. The van der Waals surface area contributed by atoms with Gasteiger partial charge < -0.3 is 28.9 Å². The molecule has 0 spiro atoms. The van der Waals surface area contributed by atoms with Crippen LogP contribution in [0.4, 0.5) is 10.1 Å². The van der Waals surface area contributed by atoms with E-state index in [1.54, 1.807) is 11.7 Å². The number of hydrogen-bond donors (Lipinski definition) is 1. The Morgan fingerprint density at radius 2 is 1.92 bits per heavy atom. The molecule has 2 aliphatic heterocycles. The third-order valence-corrected chi connectivity index (χ3v) is 7.18. The molecule has 186 valence electrons. The minimum atomic E-state index is -1.34. The second kappa shape index (κ2) is 8.25. The van der Waals surface area contributed by atoms with E-state index in [4.69, 9.17) is 14.3 Å². The second-order valence-corrected chi connectivity index (χ2v) is 9.31. The van der Waals surface area contributed by atoms with Gasteiger partial charge in [-0.2, -0.15) is 0 Å². The molecule has 10 heteroatoms. The van der Waals surface area contributed by atoms with Crippen molar-refractivity contribution in [2.45, 2.75) is 25.0 Å². The third-order valence-electron chi connectivity index (χ3n) is 7.18. The number of rotatable bonds is 6. The van der Waals surface area contributed by atoms with Gasteiger partial charge in [0.2, 0.25) is 5.43 Å². The number of hydrogen-bond acceptors (Lipinski definition) is 7. The summed E-state index contributed by atoms with van der Waals surface area (Å²) in [6, 6.07) is 8.70. The summed E-state index contributed by atoms with van der Waals surface area (Å²) in [5.74, 6) is -1.12. The Morgan fingerprint density at radius 3 is 2.56 bits per heavy atom. The molecule has 2 fully saturated rings. The molecule has 1 aromatic heterocycles. The number of pyridine rings is 1. The van der Waals surface area contributed by atoms with Crippen molar-refractivity contribution in [3.05, 3.63) is 63.7 Å². The summed E-state index contributed by atoms with van der Waals surface area (Å²) in [7, 11) is 3.04. The van der Waals surface area contributed by atoms with Crippen LogP contribution in [0.5, 0.6) is 11.5 Å². The number of methoxy groups -OCH3 is 2. The van der Waals surface area contributed by atoms with Gasteiger partial charge in [-0.05, 0) is 43.2 Å². The number of nitrogens with zero attached hydrogens (tertiary/aromatic N) is 3. The standard InChI is InChI=1S/C26H24FN3O6/c1-34-15-7-3-13(4-8-15)21-17-10-29(12-20(17)36-28-21)23-19(27)9-16-22(25(23)35-2)30(14-5-6-14)11-18(24(16)31)26(32)33/h3-4,7-9,11,14,17,20H,5-6,10,12H2,1-2H3,(H,32,33)/t17-,20+/m0/s1. The molecule has 2 atom stereocenters. The molecule has 3 heterocycles. The van der Waals surface area contributed by atoms with Gasteiger partial charge in [-0.3, -0.25) is 4.79 Å². The minimum absolute atomic E-state index is 0.00368. The maximum Gasteiger partial charge on any atom is 0.341 e. The Bertz CT molecular complexity index is 1480. The van der Waals surface area contributed by atoms with Crippen LogP contribution in [-0.2, 0) is 4.84 Å². The smallest absolute Gasteiger partial charge is 0.341 e. The zero-order valence-electron chi connectivity index (χ0n) is 19.7. The molecule has 36 heavy (non-hydrogen) atoms. The number of oxime groups is 1. The van der Waals surface area contributed by atoms with Gasteiger partial charge in [0.25, 0.3) is 0 Å². The van der Waals surface area contributed by atoms with Crippen LogP contribution < -0.4 is 19.8 Å². The van der Waals surface area contributed by atoms with E-state index in [1.165, 1.54) is 13.3 Å². The SMILES string of the molecule is COc1ccc(C2=NO[C@@H]3CN(c4c(F)cc5c(=O)c(C(=O)O)cn(C6CC6)c5c4OC)C[C@H]23)cc1. The first-order valence-corrected chi connectivity index (χ1v) is 11.7. The molecule has 0 amide bonds. The van der Waals surface area contributed by atoms with E-state index in [0.717, 1.165) is 35.9 Å². The lowest BCUT2D eigenvalue weighted by molar-refractivity contribution is 0.0694. The lowest BCUT2D eigenvalue weighted by Gasteiger charge is -2.25. The number of halogens is 1. The van der Waals surface area contributed by atoms with Crippen molar-refractivity contribution in [1.82, 2.24) is 4.57 Å². The molecule has 0 unspecified atom stereocenters. The number of fused-ring (bicyclic) bond motifs is 2. The number of carboxylic acids is 1. The molecule has 0 radical (unpaired) electrons. The van der Waals surface area contributed by atoms with Crippen LogP contribution in [0.3, 0.4) is 0 Å². The summed E-state index contributed by atoms with van der Waals surface area (Å²) in [5, 5.41) is 13.8. The van der Waals surface area contributed by atoms with Crippen molar-refractivity contribution in [3.8, 4) is 11.5 Å². The maximum atomic E-state index is 15.7. The highest BCUT2D eigenvalue weighted by Gasteiger charge is 2.44. The Balaban J connectivity index is 1.43. The van der Waals surface area contributed by atoms with E-state index < -0.39 is 17.2 Å². The van der Waals surface area contributed by atoms with Crippen molar-refractivity contribution in [2.75, 3.05) is 32.2 Å². The summed E-state index contributed by atoms with van der Waals surface area (Å²) in [5.41, 5.74) is 1.22. The van der Waals surface area contributed by atoms with Crippen LogP contribution in [0, 0.1) is 11.7 Å². The van der Waals surface area contributed by atoms with Crippen LogP contribution in [0.25, 0.3) is 10.9 Å². The van der Waals surface area contributed by atoms with E-state index in [9.17, 15) is 14.7 Å². The zero-order chi connectivity index (χ0) is 25.1. The predicted octanol–water partition coefficient (Wildman–Crippen LogP) is 3.43. The molecular formula is C26H24FN3O6. The number of anilines is 1. The van der Waals surface area contributed by atoms with Crippen molar-refractivity contribution in [2.24, 2.45) is 11.1 Å². The van der Waals surface area contributed by atoms with Crippen molar-refractivity contribution in [3.63, 3.8) is 0 Å². The number of aromatic carboxylic acids is 1. The minimum Gasteiger partial charge on any atom is -0.497 e. The molecule has 1 N–H and O–H groups in total. The summed E-state index contributed by atoms with van der Waals surface area (Å²) in [6.07, 6.45) is 2.78. The second-order valence-electron chi connectivity index (χ2n) is 9.31. The van der Waals surface area contributed by atoms with Crippen LogP contribution in [-0.4, -0.2) is 54.8 Å². The van der Waals surface area contributed by atoms with E-state index in [1.807, 2.05) is 29.2 Å². The fraction of sp³-hybridized carbons (Fsp3) is 0.346. The maximum absolute atomic E-state index is 15.7. The Kier molecular flexibility index (Phi) is 5.13. The van der Waals surface area contributed by atoms with Crippen molar-refractivity contribution >= 4 is 28.3 Å². The van der Waals surface area contributed by atoms with E-state index in [0.29, 0.717) is 18.6 Å². The van der Waals surface area contributed by atoms with E-state index >= 15 is 4.39 Å². The van der Waals surface area contributed by atoms with Crippen LogP contribution in [0.1, 0.15) is 34.8 Å². The highest BCUT2D eigenvalue weighted by Crippen LogP contribution is 2.45. The lowest BCUT2D eigenvalue weighted by atomic mass is 9.95. The predicted molar refractivity (Wildman–Crippen MR) is 130 cm³/mol. The molecule has 3 aromatic rings. The van der Waals surface area contributed by atoms with Gasteiger partial charge >= 0.3 is 5.97 Å². The number of benzene rings is 2. The zero-order valence-corrected chi connectivity index (χ0v) is 19.7. The highest BCUT2D eigenvalue weighted by atomic mass is 19.1. The Morgan fingerprint density at radius 1 is 1.17 bits per heavy atom. The molecule has 6 rings (SSSR count). The Hall–Kier alpha value is -4.08. The number of carbonyl (C=O) groups is 1. The monoisotopic (exact) mass is 493 g/mol. The summed E-state index contributed by atoms with van der Waals surface area (Å²) in [6.45, 7) is 0.822. The molecule has 1 saturated heterocycles.